The SMILES string of the molecule is CC(C)(C)OC(=O)[C@@H](Cc1ccccc1)[C@@H](O)CNC1CCCCC1. The maximum Gasteiger partial charge on any atom is 0.312 e. The monoisotopic (exact) mass is 347 g/mol. The minimum Gasteiger partial charge on any atom is -0.460 e. The van der Waals surface area contributed by atoms with Crippen LogP contribution in [0.15, 0.2) is 30.3 Å². The zero-order valence-electron chi connectivity index (χ0n) is 15.8. The third-order valence-electron chi connectivity index (χ3n) is 4.69. The van der Waals surface area contributed by atoms with E-state index in [-0.39, 0.29) is 5.97 Å². The van der Waals surface area contributed by atoms with Crippen LogP contribution >= 0.6 is 0 Å². The molecule has 1 fully saturated rings. The van der Waals surface area contributed by atoms with Crippen LogP contribution in [0.4, 0.5) is 0 Å². The summed E-state index contributed by atoms with van der Waals surface area (Å²) in [6.45, 7) is 6.01. The second-order valence-electron chi connectivity index (χ2n) is 8.14. The normalized spacial score (nSPS) is 18.6. The summed E-state index contributed by atoms with van der Waals surface area (Å²) in [5.74, 6) is -0.882. The van der Waals surface area contributed by atoms with Crippen LogP contribution in [-0.4, -0.2) is 35.4 Å². The Kier molecular flexibility index (Phi) is 7.45. The van der Waals surface area contributed by atoms with Gasteiger partial charge in [-0.15, -0.1) is 0 Å². The van der Waals surface area contributed by atoms with E-state index in [0.717, 1.165) is 18.4 Å². The van der Waals surface area contributed by atoms with Crippen LogP contribution < -0.4 is 5.32 Å². The Bertz CT molecular complexity index is 518. The fourth-order valence-electron chi connectivity index (χ4n) is 3.36. The summed E-state index contributed by atoms with van der Waals surface area (Å²) in [6, 6.07) is 10.3. The van der Waals surface area contributed by atoms with Crippen molar-refractivity contribution in [3.63, 3.8) is 0 Å². The van der Waals surface area contributed by atoms with Gasteiger partial charge >= 0.3 is 5.97 Å². The number of esters is 1. The molecular formula is C21H33NO3. The molecule has 2 atom stereocenters. The molecule has 0 bridgehead atoms. The molecule has 2 N–H and O–H groups in total. The highest BCUT2D eigenvalue weighted by Gasteiger charge is 2.31. The Morgan fingerprint density at radius 3 is 2.44 bits per heavy atom. The van der Waals surface area contributed by atoms with Gasteiger partial charge in [-0.1, -0.05) is 49.6 Å². The Labute approximate surface area is 152 Å². The maximum absolute atomic E-state index is 12.6. The average Bonchev–Trinajstić information content (AvgIpc) is 2.58. The summed E-state index contributed by atoms with van der Waals surface area (Å²) >= 11 is 0. The lowest BCUT2D eigenvalue weighted by Gasteiger charge is -2.29. The molecule has 25 heavy (non-hydrogen) atoms. The Balaban J connectivity index is 1.99. The van der Waals surface area contributed by atoms with Gasteiger partial charge in [-0.05, 0) is 45.6 Å². The van der Waals surface area contributed by atoms with Gasteiger partial charge in [-0.3, -0.25) is 4.79 Å². The van der Waals surface area contributed by atoms with Crippen LogP contribution in [0.25, 0.3) is 0 Å². The van der Waals surface area contributed by atoms with E-state index in [2.05, 4.69) is 5.32 Å². The quantitative estimate of drug-likeness (QED) is 0.742. The van der Waals surface area contributed by atoms with Crippen LogP contribution in [0.1, 0.15) is 58.4 Å². The molecule has 0 aliphatic heterocycles. The number of nitrogens with one attached hydrogen (secondary N) is 1. The van der Waals surface area contributed by atoms with Crippen LogP contribution in [0.3, 0.4) is 0 Å². The molecule has 0 aromatic heterocycles. The summed E-state index contributed by atoms with van der Waals surface area (Å²) < 4.78 is 5.56. The molecule has 0 saturated heterocycles. The number of hydrogen-bond donors (Lipinski definition) is 2. The Hall–Kier alpha value is -1.39. The second kappa shape index (κ2) is 9.35. The van der Waals surface area contributed by atoms with E-state index in [4.69, 9.17) is 4.74 Å². The first kappa shape index (κ1) is 19.9. The van der Waals surface area contributed by atoms with E-state index < -0.39 is 17.6 Å². The zero-order chi connectivity index (χ0) is 18.3. The molecule has 1 aliphatic rings. The number of aliphatic hydroxyl groups excluding tert-OH is 1. The predicted octanol–water partition coefficient (Wildman–Crippen LogP) is 3.47. The van der Waals surface area contributed by atoms with Crippen LogP contribution in [0, 0.1) is 5.92 Å². The molecule has 140 valence electrons. The smallest absolute Gasteiger partial charge is 0.312 e. The largest absolute Gasteiger partial charge is 0.460 e. The summed E-state index contributed by atoms with van der Waals surface area (Å²) in [5.41, 5.74) is 0.484. The van der Waals surface area contributed by atoms with Crippen molar-refractivity contribution >= 4 is 5.97 Å². The lowest BCUT2D eigenvalue weighted by atomic mass is 9.92. The van der Waals surface area contributed by atoms with E-state index in [0.29, 0.717) is 19.0 Å². The first-order valence-corrected chi connectivity index (χ1v) is 9.53. The molecule has 0 spiro atoms. The zero-order valence-corrected chi connectivity index (χ0v) is 15.8. The Morgan fingerprint density at radius 2 is 1.84 bits per heavy atom. The molecule has 0 amide bonds. The summed E-state index contributed by atoms with van der Waals surface area (Å²) in [6.07, 6.45) is 5.83. The third kappa shape index (κ3) is 7.17. The predicted molar refractivity (Wildman–Crippen MR) is 100 cm³/mol. The van der Waals surface area contributed by atoms with Crippen molar-refractivity contribution in [1.82, 2.24) is 5.32 Å². The van der Waals surface area contributed by atoms with Gasteiger partial charge in [-0.2, -0.15) is 0 Å². The van der Waals surface area contributed by atoms with Crippen molar-refractivity contribution in [2.75, 3.05) is 6.54 Å². The van der Waals surface area contributed by atoms with Gasteiger partial charge in [-0.25, -0.2) is 0 Å². The lowest BCUT2D eigenvalue weighted by Crippen LogP contribution is -2.44. The number of carbonyl (C=O) groups is 1. The molecular weight excluding hydrogens is 314 g/mol. The molecule has 1 aromatic carbocycles. The summed E-state index contributed by atoms with van der Waals surface area (Å²) in [7, 11) is 0. The highest BCUT2D eigenvalue weighted by molar-refractivity contribution is 5.74. The minimum atomic E-state index is -0.753. The molecule has 1 aromatic rings. The molecule has 4 heteroatoms. The molecule has 2 rings (SSSR count). The first-order valence-electron chi connectivity index (χ1n) is 9.53. The first-order chi connectivity index (χ1) is 11.8. The molecule has 1 aliphatic carbocycles. The summed E-state index contributed by atoms with van der Waals surface area (Å²) in [4.78, 5) is 12.6. The standard InChI is InChI=1S/C21H33NO3/c1-21(2,3)25-20(24)18(14-16-10-6-4-7-11-16)19(23)15-22-17-12-8-5-9-13-17/h4,6-7,10-11,17-19,22-23H,5,8-9,12-15H2,1-3H3/t18-,19-/m0/s1. The van der Waals surface area contributed by atoms with Crippen molar-refractivity contribution in [3.8, 4) is 0 Å². The second-order valence-corrected chi connectivity index (χ2v) is 8.14. The van der Waals surface area contributed by atoms with Gasteiger partial charge < -0.3 is 15.2 Å². The van der Waals surface area contributed by atoms with E-state index in [1.807, 2.05) is 51.1 Å². The van der Waals surface area contributed by atoms with Gasteiger partial charge in [0.05, 0.1) is 12.0 Å². The van der Waals surface area contributed by atoms with Gasteiger partial charge in [0.1, 0.15) is 5.60 Å². The van der Waals surface area contributed by atoms with Crippen molar-refractivity contribution < 1.29 is 14.6 Å². The fraction of sp³-hybridized carbons (Fsp3) is 0.667. The van der Waals surface area contributed by atoms with Gasteiger partial charge in [0.25, 0.3) is 0 Å². The third-order valence-corrected chi connectivity index (χ3v) is 4.69. The van der Waals surface area contributed by atoms with E-state index in [1.54, 1.807) is 0 Å². The number of hydrogen-bond acceptors (Lipinski definition) is 4. The number of aliphatic hydroxyl groups is 1. The Morgan fingerprint density at radius 1 is 1.20 bits per heavy atom. The van der Waals surface area contributed by atoms with Crippen LogP contribution in [0.5, 0.6) is 0 Å². The highest BCUT2D eigenvalue weighted by Crippen LogP contribution is 2.20. The minimum absolute atomic E-state index is 0.325. The number of benzene rings is 1. The van der Waals surface area contributed by atoms with Gasteiger partial charge in [0, 0.05) is 12.6 Å². The van der Waals surface area contributed by atoms with Crippen LogP contribution in [-0.2, 0) is 16.0 Å². The lowest BCUT2D eigenvalue weighted by molar-refractivity contribution is -0.164. The number of carbonyl (C=O) groups excluding carboxylic acids is 1. The number of ether oxygens (including phenoxy) is 1. The average molecular weight is 347 g/mol. The van der Waals surface area contributed by atoms with E-state index >= 15 is 0 Å². The number of rotatable bonds is 7. The topological polar surface area (TPSA) is 58.6 Å². The highest BCUT2D eigenvalue weighted by atomic mass is 16.6. The van der Waals surface area contributed by atoms with Crippen molar-refractivity contribution in [3.05, 3.63) is 35.9 Å². The fourth-order valence-corrected chi connectivity index (χ4v) is 3.36. The molecule has 1 saturated carbocycles. The van der Waals surface area contributed by atoms with Crippen molar-refractivity contribution in [2.45, 2.75) is 77.0 Å². The maximum atomic E-state index is 12.6. The van der Waals surface area contributed by atoms with Crippen LogP contribution in [0.2, 0.25) is 0 Å². The van der Waals surface area contributed by atoms with Crippen molar-refractivity contribution in [2.24, 2.45) is 5.92 Å². The molecule has 0 unspecified atom stereocenters. The van der Waals surface area contributed by atoms with E-state index in [1.165, 1.54) is 19.3 Å². The molecule has 4 nitrogen and oxygen atoms in total. The summed E-state index contributed by atoms with van der Waals surface area (Å²) in [5, 5.41) is 14.2. The molecule has 0 heterocycles. The van der Waals surface area contributed by atoms with Gasteiger partial charge in [0.2, 0.25) is 0 Å². The van der Waals surface area contributed by atoms with Gasteiger partial charge in [0.15, 0.2) is 0 Å². The van der Waals surface area contributed by atoms with Crippen molar-refractivity contribution in [1.29, 1.82) is 0 Å². The molecule has 0 radical (unpaired) electrons. The van der Waals surface area contributed by atoms with E-state index in [9.17, 15) is 9.90 Å².